The molecular weight excluding hydrogens is 242 g/mol. The van der Waals surface area contributed by atoms with Gasteiger partial charge in [-0.3, -0.25) is 4.98 Å². The second-order valence-corrected chi connectivity index (χ2v) is 5.97. The molecule has 0 aliphatic carbocycles. The van der Waals surface area contributed by atoms with E-state index in [1.54, 1.807) is 0 Å². The molecular formula is C14H17N3S. The van der Waals surface area contributed by atoms with Crippen molar-refractivity contribution in [3.05, 3.63) is 34.4 Å². The smallest absolute Gasteiger partial charge is 0.0978 e. The molecule has 1 N–H and O–H groups in total. The van der Waals surface area contributed by atoms with Crippen LogP contribution in [0.3, 0.4) is 0 Å². The summed E-state index contributed by atoms with van der Waals surface area (Å²) in [6.45, 7) is 4.38. The second-order valence-electron chi connectivity index (χ2n) is 4.74. The van der Waals surface area contributed by atoms with Gasteiger partial charge < -0.3 is 5.32 Å². The standard InChI is InChI=1S/C14H17N3S/c1-10-13(11-4-7-15-8-5-11)17-14(18-10)12-3-2-6-16-9-12/h4-5,7-8,12,16H,2-3,6,9H2,1H3. The topological polar surface area (TPSA) is 37.8 Å². The highest BCUT2D eigenvalue weighted by Crippen LogP contribution is 2.33. The molecule has 3 nitrogen and oxygen atoms in total. The van der Waals surface area contributed by atoms with Gasteiger partial charge in [0.25, 0.3) is 0 Å². The van der Waals surface area contributed by atoms with Gasteiger partial charge >= 0.3 is 0 Å². The quantitative estimate of drug-likeness (QED) is 0.901. The predicted octanol–water partition coefficient (Wildman–Crippen LogP) is 2.98. The Morgan fingerprint density at radius 3 is 2.89 bits per heavy atom. The third kappa shape index (κ3) is 2.31. The molecule has 3 heterocycles. The second kappa shape index (κ2) is 5.16. The molecule has 0 aromatic carbocycles. The maximum atomic E-state index is 4.85. The third-order valence-corrected chi connectivity index (χ3v) is 4.55. The van der Waals surface area contributed by atoms with Crippen molar-refractivity contribution in [1.82, 2.24) is 15.3 Å². The van der Waals surface area contributed by atoms with E-state index < -0.39 is 0 Å². The van der Waals surface area contributed by atoms with E-state index in [2.05, 4.69) is 17.2 Å². The van der Waals surface area contributed by atoms with E-state index in [-0.39, 0.29) is 0 Å². The number of hydrogen-bond acceptors (Lipinski definition) is 4. The van der Waals surface area contributed by atoms with Gasteiger partial charge in [0.15, 0.2) is 0 Å². The van der Waals surface area contributed by atoms with Crippen LogP contribution in [0.1, 0.15) is 28.6 Å². The Labute approximate surface area is 111 Å². The molecule has 0 spiro atoms. The monoisotopic (exact) mass is 259 g/mol. The van der Waals surface area contributed by atoms with Crippen LogP contribution in [0.4, 0.5) is 0 Å². The van der Waals surface area contributed by atoms with Gasteiger partial charge in [-0.05, 0) is 38.4 Å². The third-order valence-electron chi connectivity index (χ3n) is 3.41. The van der Waals surface area contributed by atoms with Crippen molar-refractivity contribution in [2.24, 2.45) is 0 Å². The minimum atomic E-state index is 0.595. The molecule has 18 heavy (non-hydrogen) atoms. The summed E-state index contributed by atoms with van der Waals surface area (Å²) in [5.74, 6) is 0.595. The van der Waals surface area contributed by atoms with Crippen molar-refractivity contribution in [1.29, 1.82) is 0 Å². The lowest BCUT2D eigenvalue weighted by atomic mass is 10.0. The Hall–Kier alpha value is -1.26. The van der Waals surface area contributed by atoms with E-state index in [9.17, 15) is 0 Å². The first-order chi connectivity index (χ1) is 8.84. The first-order valence-electron chi connectivity index (χ1n) is 6.43. The average Bonchev–Trinajstić information content (AvgIpc) is 2.83. The maximum Gasteiger partial charge on any atom is 0.0978 e. The van der Waals surface area contributed by atoms with Crippen LogP contribution in [0.2, 0.25) is 0 Å². The Bertz CT molecular complexity index is 515. The van der Waals surface area contributed by atoms with Crippen molar-refractivity contribution < 1.29 is 0 Å². The molecule has 1 fully saturated rings. The summed E-state index contributed by atoms with van der Waals surface area (Å²) in [5, 5.41) is 4.74. The van der Waals surface area contributed by atoms with Gasteiger partial charge in [-0.25, -0.2) is 4.98 Å². The highest BCUT2D eigenvalue weighted by atomic mass is 32.1. The van der Waals surface area contributed by atoms with Crippen molar-refractivity contribution in [3.8, 4) is 11.3 Å². The summed E-state index contributed by atoms with van der Waals surface area (Å²) in [6.07, 6.45) is 6.18. The highest BCUT2D eigenvalue weighted by molar-refractivity contribution is 7.12. The molecule has 0 bridgehead atoms. The van der Waals surface area contributed by atoms with Gasteiger partial charge in [-0.1, -0.05) is 0 Å². The zero-order valence-corrected chi connectivity index (χ0v) is 11.3. The molecule has 0 saturated carbocycles. The number of pyridine rings is 1. The Kier molecular flexibility index (Phi) is 3.39. The fourth-order valence-corrected chi connectivity index (χ4v) is 3.51. The van der Waals surface area contributed by atoms with E-state index >= 15 is 0 Å². The lowest BCUT2D eigenvalue weighted by molar-refractivity contribution is 0.460. The molecule has 2 aromatic heterocycles. The zero-order chi connectivity index (χ0) is 12.4. The van der Waals surface area contributed by atoms with E-state index in [0.717, 1.165) is 18.8 Å². The molecule has 2 aromatic rings. The van der Waals surface area contributed by atoms with Crippen molar-refractivity contribution in [3.63, 3.8) is 0 Å². The number of hydrogen-bond donors (Lipinski definition) is 1. The molecule has 94 valence electrons. The number of piperidine rings is 1. The lowest BCUT2D eigenvalue weighted by Gasteiger charge is -2.20. The van der Waals surface area contributed by atoms with E-state index in [0.29, 0.717) is 5.92 Å². The van der Waals surface area contributed by atoms with Gasteiger partial charge in [0.1, 0.15) is 0 Å². The summed E-state index contributed by atoms with van der Waals surface area (Å²) < 4.78 is 0. The van der Waals surface area contributed by atoms with Crippen LogP contribution >= 0.6 is 11.3 Å². The summed E-state index contributed by atoms with van der Waals surface area (Å²) in [7, 11) is 0. The van der Waals surface area contributed by atoms with Gasteiger partial charge in [-0.15, -0.1) is 11.3 Å². The van der Waals surface area contributed by atoms with Gasteiger partial charge in [-0.2, -0.15) is 0 Å². The fraction of sp³-hybridized carbons (Fsp3) is 0.429. The number of aryl methyl sites for hydroxylation is 1. The van der Waals surface area contributed by atoms with E-state index in [4.69, 9.17) is 4.98 Å². The van der Waals surface area contributed by atoms with Crippen molar-refractivity contribution >= 4 is 11.3 Å². The fourth-order valence-electron chi connectivity index (χ4n) is 2.43. The largest absolute Gasteiger partial charge is 0.316 e. The minimum Gasteiger partial charge on any atom is -0.316 e. The number of aromatic nitrogens is 2. The first-order valence-corrected chi connectivity index (χ1v) is 7.24. The molecule has 1 unspecified atom stereocenters. The SMILES string of the molecule is Cc1sc(C2CCCNC2)nc1-c1ccncc1. The Morgan fingerprint density at radius 1 is 1.33 bits per heavy atom. The Balaban J connectivity index is 1.91. The molecule has 0 amide bonds. The van der Waals surface area contributed by atoms with Crippen LogP contribution in [0.25, 0.3) is 11.3 Å². The molecule has 1 aliphatic rings. The first kappa shape index (κ1) is 11.8. The van der Waals surface area contributed by atoms with Crippen LogP contribution in [0.5, 0.6) is 0 Å². The van der Waals surface area contributed by atoms with Crippen LogP contribution in [0, 0.1) is 6.92 Å². The van der Waals surface area contributed by atoms with Gasteiger partial charge in [0.2, 0.25) is 0 Å². The predicted molar refractivity (Wildman–Crippen MR) is 74.9 cm³/mol. The summed E-state index contributed by atoms with van der Waals surface area (Å²) in [4.78, 5) is 10.2. The number of rotatable bonds is 2. The van der Waals surface area contributed by atoms with Crippen LogP contribution in [-0.2, 0) is 0 Å². The summed E-state index contributed by atoms with van der Waals surface area (Å²) >= 11 is 1.84. The summed E-state index contributed by atoms with van der Waals surface area (Å²) in [5.41, 5.74) is 2.30. The lowest BCUT2D eigenvalue weighted by Crippen LogP contribution is -2.28. The molecule has 0 radical (unpaired) electrons. The normalized spacial score (nSPS) is 19.9. The number of thiazole rings is 1. The molecule has 1 saturated heterocycles. The summed E-state index contributed by atoms with van der Waals surface area (Å²) in [6, 6.07) is 4.07. The van der Waals surface area contributed by atoms with Crippen LogP contribution in [0.15, 0.2) is 24.5 Å². The maximum absolute atomic E-state index is 4.85. The average molecular weight is 259 g/mol. The zero-order valence-electron chi connectivity index (χ0n) is 10.5. The van der Waals surface area contributed by atoms with Gasteiger partial charge in [0.05, 0.1) is 10.7 Å². The van der Waals surface area contributed by atoms with E-state index in [1.807, 2.05) is 35.9 Å². The van der Waals surface area contributed by atoms with Gasteiger partial charge in [0, 0.05) is 35.3 Å². The van der Waals surface area contributed by atoms with Crippen molar-refractivity contribution in [2.45, 2.75) is 25.7 Å². The van der Waals surface area contributed by atoms with Crippen LogP contribution in [-0.4, -0.2) is 23.1 Å². The minimum absolute atomic E-state index is 0.595. The van der Waals surface area contributed by atoms with Crippen molar-refractivity contribution in [2.75, 3.05) is 13.1 Å². The molecule has 1 aliphatic heterocycles. The molecule has 3 rings (SSSR count). The number of nitrogens with zero attached hydrogens (tertiary/aromatic N) is 2. The Morgan fingerprint density at radius 2 is 2.17 bits per heavy atom. The highest BCUT2D eigenvalue weighted by Gasteiger charge is 2.20. The molecule has 1 atom stereocenters. The van der Waals surface area contributed by atoms with E-state index in [1.165, 1.54) is 28.3 Å². The van der Waals surface area contributed by atoms with Crippen LogP contribution < -0.4 is 5.32 Å². The molecule has 4 heteroatoms. The number of nitrogens with one attached hydrogen (secondary N) is 1.